The lowest BCUT2D eigenvalue weighted by Gasteiger charge is -2.40. The van der Waals surface area contributed by atoms with Crippen molar-refractivity contribution in [1.29, 1.82) is 0 Å². The zero-order valence-electron chi connectivity index (χ0n) is 20.8. The first-order chi connectivity index (χ1) is 18.2. The van der Waals surface area contributed by atoms with E-state index in [1.807, 2.05) is 19.9 Å². The van der Waals surface area contributed by atoms with Crippen molar-refractivity contribution in [1.82, 2.24) is 9.97 Å². The molecule has 0 radical (unpaired) electrons. The van der Waals surface area contributed by atoms with Crippen LogP contribution in [0, 0.1) is 5.92 Å². The van der Waals surface area contributed by atoms with Crippen LogP contribution in [0.4, 0.5) is 5.82 Å². The summed E-state index contributed by atoms with van der Waals surface area (Å²) < 4.78 is 53.4. The second-order valence-corrected chi connectivity index (χ2v) is 11.1. The number of halogens is 1. The molecule has 0 spiro atoms. The van der Waals surface area contributed by atoms with Gasteiger partial charge in [0.2, 0.25) is 11.7 Å². The quantitative estimate of drug-likeness (QED) is 0.403. The van der Waals surface area contributed by atoms with Crippen molar-refractivity contribution < 1.29 is 27.4 Å². The van der Waals surface area contributed by atoms with Crippen LogP contribution in [0.1, 0.15) is 19.4 Å². The van der Waals surface area contributed by atoms with Gasteiger partial charge in [-0.2, -0.15) is 0 Å². The van der Waals surface area contributed by atoms with Crippen LogP contribution in [0.25, 0.3) is 0 Å². The number of ether oxygens (including phenoxy) is 4. The molecule has 0 aliphatic carbocycles. The Hall–Kier alpha value is -3.83. The molecule has 10 nitrogen and oxygen atoms in total. The van der Waals surface area contributed by atoms with E-state index in [0.717, 1.165) is 0 Å². The van der Waals surface area contributed by atoms with Crippen LogP contribution in [0.2, 0.25) is 0 Å². The number of dihydropyridines is 1. The Bertz CT molecular complexity index is 1520. The summed E-state index contributed by atoms with van der Waals surface area (Å²) in [6.45, 7) is 3.83. The van der Waals surface area contributed by atoms with Gasteiger partial charge in [0.15, 0.2) is 33.8 Å². The third-order valence-electron chi connectivity index (χ3n) is 6.37. The highest BCUT2D eigenvalue weighted by atomic mass is 35.5. The van der Waals surface area contributed by atoms with Crippen LogP contribution < -0.4 is 23.7 Å². The van der Waals surface area contributed by atoms with Crippen molar-refractivity contribution in [3.05, 3.63) is 78.8 Å². The highest BCUT2D eigenvalue weighted by Gasteiger charge is 2.52. The molecular formula is C26H25ClN4O6S. The Labute approximate surface area is 225 Å². The first-order valence-corrected chi connectivity index (χ1v) is 13.5. The van der Waals surface area contributed by atoms with Gasteiger partial charge in [-0.3, -0.25) is 4.72 Å². The number of benzene rings is 2. The van der Waals surface area contributed by atoms with Gasteiger partial charge in [0.25, 0.3) is 10.0 Å². The maximum absolute atomic E-state index is 14.0. The fraction of sp³-hybridized carbons (Fsp3) is 0.269. The Balaban J connectivity index is 1.66. The summed E-state index contributed by atoms with van der Waals surface area (Å²) in [5, 5.41) is -0.0633. The highest BCUT2D eigenvalue weighted by molar-refractivity contribution is 7.93. The number of nitrogens with one attached hydrogen (secondary N) is 1. The van der Waals surface area contributed by atoms with Crippen molar-refractivity contribution in [2.75, 3.05) is 18.6 Å². The molecule has 0 saturated carbocycles. The van der Waals surface area contributed by atoms with E-state index in [0.29, 0.717) is 23.0 Å². The summed E-state index contributed by atoms with van der Waals surface area (Å²) in [6.07, 6.45) is 5.76. The molecular weight excluding hydrogens is 532 g/mol. The molecule has 12 heteroatoms. The van der Waals surface area contributed by atoms with E-state index in [-0.39, 0.29) is 29.3 Å². The number of fused-ring (bicyclic) bond motifs is 1. The van der Waals surface area contributed by atoms with Crippen molar-refractivity contribution in [2.45, 2.75) is 24.3 Å². The fourth-order valence-corrected chi connectivity index (χ4v) is 6.19. The van der Waals surface area contributed by atoms with Gasteiger partial charge in [0.1, 0.15) is 12.1 Å². The van der Waals surface area contributed by atoms with Crippen LogP contribution in [0.15, 0.2) is 78.2 Å². The molecule has 0 bridgehead atoms. The minimum absolute atomic E-state index is 0.0286. The maximum Gasteiger partial charge on any atom is 0.268 e. The summed E-state index contributed by atoms with van der Waals surface area (Å²) in [4.78, 5) is 10.5. The molecule has 2 aromatic carbocycles. The van der Waals surface area contributed by atoms with E-state index < -0.39 is 20.5 Å². The third kappa shape index (κ3) is 4.31. The van der Waals surface area contributed by atoms with Gasteiger partial charge in [-0.05, 0) is 42.5 Å². The predicted molar refractivity (Wildman–Crippen MR) is 142 cm³/mol. The fourth-order valence-electron chi connectivity index (χ4n) is 4.24. The monoisotopic (exact) mass is 556 g/mol. The smallest absolute Gasteiger partial charge is 0.268 e. The number of sulfonamides is 1. The van der Waals surface area contributed by atoms with E-state index in [2.05, 4.69) is 19.7 Å². The average Bonchev–Trinajstić information content (AvgIpc) is 3.38. The van der Waals surface area contributed by atoms with E-state index >= 15 is 0 Å². The summed E-state index contributed by atoms with van der Waals surface area (Å²) in [5.74, 6) is 1.65. The molecule has 0 saturated heterocycles. The van der Waals surface area contributed by atoms with Gasteiger partial charge in [0, 0.05) is 17.7 Å². The standard InChI is InChI=1S/C26H25ClN4O6S/c1-17(2)25(37-21-7-5-4-6-19(21)34-3)11-12-26(30-24(25)27,18-8-9-20-22(14-18)36-16-35-20)38(32,33)31-23-10-13-28-15-29-23/h4-15,17H,16H2,1-3H3,(H,28,29,31). The lowest BCUT2D eigenvalue weighted by atomic mass is 9.86. The van der Waals surface area contributed by atoms with Gasteiger partial charge >= 0.3 is 0 Å². The van der Waals surface area contributed by atoms with E-state index in [9.17, 15) is 8.42 Å². The minimum atomic E-state index is -4.34. The molecule has 1 N–H and O–H groups in total. The number of aliphatic imine (C=N–C) groups is 1. The molecule has 0 amide bonds. The number of aromatic nitrogens is 2. The predicted octanol–water partition coefficient (Wildman–Crippen LogP) is 4.49. The first-order valence-electron chi connectivity index (χ1n) is 11.7. The summed E-state index contributed by atoms with van der Waals surface area (Å²) in [6, 6.07) is 13.4. The molecule has 0 fully saturated rings. The van der Waals surface area contributed by atoms with Gasteiger partial charge in [-0.25, -0.2) is 23.4 Å². The molecule has 38 heavy (non-hydrogen) atoms. The van der Waals surface area contributed by atoms with Crippen LogP contribution >= 0.6 is 11.6 Å². The Morgan fingerprint density at radius 3 is 2.50 bits per heavy atom. The largest absolute Gasteiger partial charge is 0.493 e. The minimum Gasteiger partial charge on any atom is -0.493 e. The lowest BCUT2D eigenvalue weighted by molar-refractivity contribution is 0.134. The molecule has 5 rings (SSSR count). The van der Waals surface area contributed by atoms with Crippen molar-refractivity contribution in [3.8, 4) is 23.0 Å². The molecule has 2 atom stereocenters. The normalized spacial score (nSPS) is 22.2. The second-order valence-electron chi connectivity index (χ2n) is 8.90. The highest BCUT2D eigenvalue weighted by Crippen LogP contribution is 2.46. The molecule has 1 aromatic heterocycles. The van der Waals surface area contributed by atoms with Crippen molar-refractivity contribution in [2.24, 2.45) is 10.9 Å². The first kappa shape index (κ1) is 25.8. The van der Waals surface area contributed by atoms with E-state index in [4.69, 9.17) is 30.5 Å². The SMILES string of the molecule is COc1ccccc1OC1(C(C)C)C=CC(c2ccc3c(c2)OCO3)(S(=O)(=O)Nc2ccncn2)N=C1Cl. The van der Waals surface area contributed by atoms with Crippen LogP contribution in [-0.2, 0) is 14.9 Å². The average molecular weight is 557 g/mol. The zero-order valence-corrected chi connectivity index (χ0v) is 22.4. The van der Waals surface area contributed by atoms with Gasteiger partial charge in [-0.15, -0.1) is 0 Å². The number of rotatable bonds is 8. The lowest BCUT2D eigenvalue weighted by Crippen LogP contribution is -2.51. The topological polar surface area (TPSA) is 121 Å². The molecule has 2 aliphatic heterocycles. The van der Waals surface area contributed by atoms with Gasteiger partial charge in [0.05, 0.1) is 7.11 Å². The second kappa shape index (κ2) is 9.80. The van der Waals surface area contributed by atoms with E-state index in [1.165, 1.54) is 31.8 Å². The molecule has 3 aromatic rings. The van der Waals surface area contributed by atoms with Gasteiger partial charge < -0.3 is 18.9 Å². The number of anilines is 1. The summed E-state index contributed by atoms with van der Waals surface area (Å²) >= 11 is 6.90. The Kier molecular flexibility index (Phi) is 6.66. The number of para-hydroxylation sites is 2. The summed E-state index contributed by atoms with van der Waals surface area (Å²) in [7, 11) is -2.80. The molecule has 2 aliphatic rings. The number of nitrogens with zero attached hydrogens (tertiary/aromatic N) is 3. The Morgan fingerprint density at radius 1 is 1.05 bits per heavy atom. The third-order valence-corrected chi connectivity index (χ3v) is 8.51. The van der Waals surface area contributed by atoms with E-state index in [1.54, 1.807) is 42.5 Å². The van der Waals surface area contributed by atoms with Crippen LogP contribution in [0.5, 0.6) is 23.0 Å². The van der Waals surface area contributed by atoms with Crippen molar-refractivity contribution in [3.63, 3.8) is 0 Å². The Morgan fingerprint density at radius 2 is 1.82 bits per heavy atom. The zero-order chi connectivity index (χ0) is 27.0. The molecule has 198 valence electrons. The number of hydrogen-bond acceptors (Lipinski definition) is 9. The number of methoxy groups -OCH3 is 1. The number of hydrogen-bond donors (Lipinski definition) is 1. The van der Waals surface area contributed by atoms with Crippen LogP contribution in [0.3, 0.4) is 0 Å². The van der Waals surface area contributed by atoms with Crippen LogP contribution in [-0.4, -0.2) is 43.1 Å². The molecule has 3 heterocycles. The summed E-state index contributed by atoms with van der Waals surface area (Å²) in [5.41, 5.74) is -0.993. The van der Waals surface area contributed by atoms with Crippen molar-refractivity contribution >= 4 is 32.6 Å². The molecule has 2 unspecified atom stereocenters. The van der Waals surface area contributed by atoms with Gasteiger partial charge in [-0.1, -0.05) is 43.6 Å². The maximum atomic E-state index is 14.0.